The number of ether oxygens (including phenoxy) is 1. The van der Waals surface area contributed by atoms with Crippen molar-refractivity contribution >= 4 is 0 Å². The summed E-state index contributed by atoms with van der Waals surface area (Å²) in [6.45, 7) is 23.3. The first kappa shape index (κ1) is 22.2. The van der Waals surface area contributed by atoms with Crippen LogP contribution >= 0.6 is 0 Å². The first-order valence-electron chi connectivity index (χ1n) is 9.94. The minimum Gasteiger partial charge on any atom is -0.371 e. The molecule has 0 N–H and O–H groups in total. The maximum absolute atomic E-state index is 6.37. The molecule has 0 amide bonds. The molecule has 0 saturated heterocycles. The van der Waals surface area contributed by atoms with Crippen molar-refractivity contribution in [2.24, 2.45) is 0 Å². The molecule has 0 bridgehead atoms. The van der Waals surface area contributed by atoms with Crippen molar-refractivity contribution in [1.29, 1.82) is 0 Å². The molecule has 0 aromatic heterocycles. The zero-order valence-corrected chi connectivity index (χ0v) is 18.2. The van der Waals surface area contributed by atoms with Crippen LogP contribution in [0.2, 0.25) is 0 Å². The van der Waals surface area contributed by atoms with E-state index in [4.69, 9.17) is 4.74 Å². The summed E-state index contributed by atoms with van der Waals surface area (Å²) >= 11 is 0. The molecule has 0 saturated carbocycles. The molecule has 1 rings (SSSR count). The van der Waals surface area contributed by atoms with Crippen LogP contribution in [0.3, 0.4) is 0 Å². The first-order chi connectivity index (χ1) is 11.4. The van der Waals surface area contributed by atoms with E-state index in [1.54, 1.807) is 0 Å². The fourth-order valence-electron chi connectivity index (χ4n) is 3.32. The molecule has 0 fully saturated rings. The topological polar surface area (TPSA) is 12.5 Å². The molecular weight excluding hydrogens is 306 g/mol. The summed E-state index contributed by atoms with van der Waals surface area (Å²) < 4.78 is 6.37. The molecule has 25 heavy (non-hydrogen) atoms. The Balaban J connectivity index is 2.76. The van der Waals surface area contributed by atoms with Gasteiger partial charge in [0.1, 0.15) is 0 Å². The highest BCUT2D eigenvalue weighted by Gasteiger charge is 2.28. The summed E-state index contributed by atoms with van der Waals surface area (Å²) in [6, 6.07) is 8.87. The fourth-order valence-corrected chi connectivity index (χ4v) is 3.32. The Hall–Kier alpha value is -0.860. The molecule has 0 heterocycles. The molecule has 2 nitrogen and oxygen atoms in total. The molecule has 1 aromatic carbocycles. The summed E-state index contributed by atoms with van der Waals surface area (Å²) in [4.78, 5) is 2.56. The highest BCUT2D eigenvalue weighted by molar-refractivity contribution is 5.31. The third-order valence-electron chi connectivity index (χ3n) is 5.33. The predicted octanol–water partition coefficient (Wildman–Crippen LogP) is 6.14. The third-order valence-corrected chi connectivity index (χ3v) is 5.33. The standard InChI is InChI=1S/C23H41NO/c1-10-16-24(11-2)22(6,7)15-17-25-23(8,9)20-14-12-13-19(18-20)21(3,4)5/h12-14,18H,10-11,15-17H2,1-9H3. The van der Waals surface area contributed by atoms with E-state index >= 15 is 0 Å². The monoisotopic (exact) mass is 347 g/mol. The van der Waals surface area contributed by atoms with E-state index in [0.717, 1.165) is 26.1 Å². The number of nitrogens with zero attached hydrogens (tertiary/aromatic N) is 1. The van der Waals surface area contributed by atoms with Crippen molar-refractivity contribution in [1.82, 2.24) is 4.90 Å². The lowest BCUT2D eigenvalue weighted by molar-refractivity contribution is -0.0397. The molecule has 144 valence electrons. The lowest BCUT2D eigenvalue weighted by atomic mass is 9.84. The molecule has 0 aliphatic carbocycles. The van der Waals surface area contributed by atoms with E-state index < -0.39 is 0 Å². The minimum absolute atomic E-state index is 0.163. The Morgan fingerprint density at radius 3 is 2.04 bits per heavy atom. The van der Waals surface area contributed by atoms with Gasteiger partial charge in [-0.3, -0.25) is 4.90 Å². The van der Waals surface area contributed by atoms with E-state index in [1.165, 1.54) is 17.5 Å². The normalized spacial score (nSPS) is 13.5. The van der Waals surface area contributed by atoms with E-state index in [0.29, 0.717) is 0 Å². The van der Waals surface area contributed by atoms with E-state index in [1.807, 2.05) is 0 Å². The van der Waals surface area contributed by atoms with Crippen LogP contribution in [-0.4, -0.2) is 30.1 Å². The quantitative estimate of drug-likeness (QED) is 0.532. The molecule has 1 aromatic rings. The van der Waals surface area contributed by atoms with Crippen LogP contribution in [0.5, 0.6) is 0 Å². The van der Waals surface area contributed by atoms with Gasteiger partial charge in [0.05, 0.1) is 5.60 Å². The second-order valence-corrected chi connectivity index (χ2v) is 9.33. The largest absolute Gasteiger partial charge is 0.371 e. The van der Waals surface area contributed by atoms with Gasteiger partial charge in [-0.15, -0.1) is 0 Å². The fraction of sp³-hybridized carbons (Fsp3) is 0.739. The van der Waals surface area contributed by atoms with Gasteiger partial charge < -0.3 is 4.74 Å². The number of rotatable bonds is 9. The highest BCUT2D eigenvalue weighted by atomic mass is 16.5. The van der Waals surface area contributed by atoms with Gasteiger partial charge in [-0.1, -0.05) is 58.9 Å². The zero-order valence-electron chi connectivity index (χ0n) is 18.2. The van der Waals surface area contributed by atoms with Crippen LogP contribution in [-0.2, 0) is 15.8 Å². The summed E-state index contributed by atoms with van der Waals surface area (Å²) in [5.74, 6) is 0. The van der Waals surface area contributed by atoms with Gasteiger partial charge in [-0.25, -0.2) is 0 Å². The molecule has 0 spiro atoms. The van der Waals surface area contributed by atoms with Crippen molar-refractivity contribution in [2.45, 2.75) is 91.7 Å². The van der Waals surface area contributed by atoms with Gasteiger partial charge in [0.2, 0.25) is 0 Å². The van der Waals surface area contributed by atoms with Crippen molar-refractivity contribution in [3.8, 4) is 0 Å². The summed E-state index contributed by atoms with van der Waals surface area (Å²) in [7, 11) is 0. The Bertz CT molecular complexity index is 525. The van der Waals surface area contributed by atoms with Crippen molar-refractivity contribution < 1.29 is 4.74 Å². The van der Waals surface area contributed by atoms with Crippen molar-refractivity contribution in [3.63, 3.8) is 0 Å². The molecular formula is C23H41NO. The molecule has 0 unspecified atom stereocenters. The first-order valence-corrected chi connectivity index (χ1v) is 9.94. The third kappa shape index (κ3) is 6.42. The van der Waals surface area contributed by atoms with Crippen LogP contribution in [0.4, 0.5) is 0 Å². The van der Waals surface area contributed by atoms with Crippen LogP contribution < -0.4 is 0 Å². The van der Waals surface area contributed by atoms with Gasteiger partial charge in [0.15, 0.2) is 0 Å². The molecule has 2 heteroatoms. The summed E-state index contributed by atoms with van der Waals surface area (Å²) in [5.41, 5.74) is 2.70. The molecule has 0 aliphatic heterocycles. The Labute approximate surface area is 157 Å². The van der Waals surface area contributed by atoms with Gasteiger partial charge in [0.25, 0.3) is 0 Å². The van der Waals surface area contributed by atoms with Crippen LogP contribution in [0.25, 0.3) is 0 Å². The maximum atomic E-state index is 6.37. The van der Waals surface area contributed by atoms with Crippen LogP contribution in [0.15, 0.2) is 24.3 Å². The maximum Gasteiger partial charge on any atom is 0.0875 e. The van der Waals surface area contributed by atoms with E-state index in [9.17, 15) is 0 Å². The summed E-state index contributed by atoms with van der Waals surface area (Å²) in [6.07, 6.45) is 2.24. The number of hydrogen-bond donors (Lipinski definition) is 0. The lowest BCUT2D eigenvalue weighted by Crippen LogP contribution is -2.45. The van der Waals surface area contributed by atoms with Crippen molar-refractivity contribution in [2.75, 3.05) is 19.7 Å². The highest BCUT2D eigenvalue weighted by Crippen LogP contribution is 2.30. The average molecular weight is 348 g/mol. The number of hydrogen-bond acceptors (Lipinski definition) is 2. The summed E-state index contributed by atoms with van der Waals surface area (Å²) in [5, 5.41) is 0. The van der Waals surface area contributed by atoms with Crippen LogP contribution in [0, 0.1) is 0 Å². The van der Waals surface area contributed by atoms with Crippen molar-refractivity contribution in [3.05, 3.63) is 35.4 Å². The molecule has 0 aliphatic rings. The predicted molar refractivity (Wildman–Crippen MR) is 110 cm³/mol. The average Bonchev–Trinajstić information content (AvgIpc) is 2.51. The van der Waals surface area contributed by atoms with E-state index in [-0.39, 0.29) is 16.6 Å². The lowest BCUT2D eigenvalue weighted by Gasteiger charge is -2.39. The van der Waals surface area contributed by atoms with Gasteiger partial charge >= 0.3 is 0 Å². The van der Waals surface area contributed by atoms with Gasteiger partial charge in [0, 0.05) is 12.1 Å². The molecule has 0 atom stereocenters. The van der Waals surface area contributed by atoms with Gasteiger partial charge in [-0.2, -0.15) is 0 Å². The van der Waals surface area contributed by atoms with E-state index in [2.05, 4.69) is 91.5 Å². The van der Waals surface area contributed by atoms with Gasteiger partial charge in [-0.05, 0) is 70.2 Å². The second kappa shape index (κ2) is 8.68. The molecule has 0 radical (unpaired) electrons. The zero-order chi connectivity index (χ0) is 19.3. The Morgan fingerprint density at radius 2 is 1.52 bits per heavy atom. The second-order valence-electron chi connectivity index (χ2n) is 9.33. The smallest absolute Gasteiger partial charge is 0.0875 e. The SMILES string of the molecule is CCCN(CC)C(C)(C)CCOC(C)(C)c1cccc(C(C)(C)C)c1. The van der Waals surface area contributed by atoms with Crippen LogP contribution in [0.1, 0.15) is 86.3 Å². The Kier molecular flexibility index (Phi) is 7.71. The Morgan fingerprint density at radius 1 is 0.920 bits per heavy atom. The number of benzene rings is 1. The minimum atomic E-state index is -0.265.